The Hall–Kier alpha value is -3.10. The molecule has 0 saturated heterocycles. The zero-order valence-corrected chi connectivity index (χ0v) is 14.8. The lowest BCUT2D eigenvalue weighted by atomic mass is 10.1. The number of rotatable bonds is 6. The summed E-state index contributed by atoms with van der Waals surface area (Å²) in [4.78, 5) is 22.7. The fourth-order valence-corrected chi connectivity index (χ4v) is 1.83. The third-order valence-corrected chi connectivity index (χ3v) is 3.22. The van der Waals surface area contributed by atoms with Gasteiger partial charge in [0.15, 0.2) is 11.5 Å². The molecule has 146 valence electrons. The number of phenols is 2. The first-order valence-electron chi connectivity index (χ1n) is 8.04. The maximum Gasteiger partial charge on any atom is 0.338 e. The van der Waals surface area contributed by atoms with Crippen LogP contribution in [-0.4, -0.2) is 58.8 Å². The zero-order chi connectivity index (χ0) is 20.2. The molecule has 0 aliphatic rings. The van der Waals surface area contributed by atoms with Gasteiger partial charge in [0.2, 0.25) is 0 Å². The maximum atomic E-state index is 11.4. The number of hydrogen-bond acceptors (Lipinski definition) is 8. The van der Waals surface area contributed by atoms with E-state index in [1.165, 1.54) is 30.3 Å². The lowest BCUT2D eigenvalue weighted by Gasteiger charge is -2.05. The van der Waals surface area contributed by atoms with Crippen LogP contribution in [-0.2, 0) is 9.47 Å². The molecule has 4 N–H and O–H groups in total. The Morgan fingerprint density at radius 3 is 1.59 bits per heavy atom. The van der Waals surface area contributed by atoms with E-state index in [0.717, 1.165) is 0 Å². The number of ether oxygens (including phenoxy) is 2. The molecule has 0 aliphatic heterocycles. The van der Waals surface area contributed by atoms with E-state index in [0.29, 0.717) is 5.56 Å². The average molecular weight is 378 g/mol. The van der Waals surface area contributed by atoms with Crippen molar-refractivity contribution in [1.29, 1.82) is 0 Å². The number of phenolic OH excluding ortho intramolecular Hbond substituents is 2. The van der Waals surface area contributed by atoms with Crippen molar-refractivity contribution < 1.29 is 39.5 Å². The molecular formula is C19H22O8. The first-order chi connectivity index (χ1) is 12.9. The van der Waals surface area contributed by atoms with Gasteiger partial charge in [-0.3, -0.25) is 0 Å². The summed E-state index contributed by atoms with van der Waals surface area (Å²) in [6, 6.07) is 10.6. The van der Waals surface area contributed by atoms with Gasteiger partial charge in [-0.2, -0.15) is 0 Å². The van der Waals surface area contributed by atoms with E-state index in [-0.39, 0.29) is 49.1 Å². The smallest absolute Gasteiger partial charge is 0.338 e. The lowest BCUT2D eigenvalue weighted by Crippen LogP contribution is -2.11. The fourth-order valence-electron chi connectivity index (χ4n) is 1.83. The third kappa shape index (κ3) is 7.35. The molecule has 0 bridgehead atoms. The van der Waals surface area contributed by atoms with Crippen LogP contribution >= 0.6 is 0 Å². The van der Waals surface area contributed by atoms with Crippen LogP contribution in [0.2, 0.25) is 0 Å². The van der Waals surface area contributed by atoms with Gasteiger partial charge in [-0.05, 0) is 42.8 Å². The summed E-state index contributed by atoms with van der Waals surface area (Å²) in [6.45, 7) is 1.11. The van der Waals surface area contributed by atoms with Gasteiger partial charge in [0.1, 0.15) is 13.2 Å². The number of benzene rings is 2. The molecule has 0 saturated carbocycles. The van der Waals surface area contributed by atoms with Crippen molar-refractivity contribution in [1.82, 2.24) is 0 Å². The minimum atomic E-state index is -0.570. The SMILES string of the molecule is Cc1cccc(O)c1O.O=C(OCCO)c1ccc(C(=O)OCCO)cc1. The molecule has 0 aliphatic carbocycles. The molecule has 0 fully saturated rings. The van der Waals surface area contributed by atoms with Crippen LogP contribution in [0.3, 0.4) is 0 Å². The Balaban J connectivity index is 0.000000337. The number of esters is 2. The van der Waals surface area contributed by atoms with Crippen LogP contribution in [0.25, 0.3) is 0 Å². The van der Waals surface area contributed by atoms with Crippen LogP contribution in [0.5, 0.6) is 11.5 Å². The van der Waals surface area contributed by atoms with Crippen molar-refractivity contribution in [2.24, 2.45) is 0 Å². The summed E-state index contributed by atoms with van der Waals surface area (Å²) in [5.74, 6) is -1.23. The largest absolute Gasteiger partial charge is 0.504 e. The summed E-state index contributed by atoms with van der Waals surface area (Å²) in [6.07, 6.45) is 0. The van der Waals surface area contributed by atoms with Crippen molar-refractivity contribution >= 4 is 11.9 Å². The number of hydrogen-bond donors (Lipinski definition) is 4. The molecule has 2 rings (SSSR count). The van der Waals surface area contributed by atoms with Crippen molar-refractivity contribution in [2.75, 3.05) is 26.4 Å². The van der Waals surface area contributed by atoms with Gasteiger partial charge in [-0.1, -0.05) is 12.1 Å². The summed E-state index contributed by atoms with van der Waals surface area (Å²) in [5, 5.41) is 34.8. The van der Waals surface area contributed by atoms with Crippen molar-refractivity contribution in [3.63, 3.8) is 0 Å². The fraction of sp³-hybridized carbons (Fsp3) is 0.263. The average Bonchev–Trinajstić information content (AvgIpc) is 2.69. The molecular weight excluding hydrogens is 356 g/mol. The molecule has 0 amide bonds. The van der Waals surface area contributed by atoms with E-state index >= 15 is 0 Å². The number of aliphatic hydroxyl groups excluding tert-OH is 2. The Labute approximate surface area is 156 Å². The highest BCUT2D eigenvalue weighted by molar-refractivity contribution is 5.93. The van der Waals surface area contributed by atoms with Gasteiger partial charge in [-0.15, -0.1) is 0 Å². The number of aliphatic hydroxyl groups is 2. The topological polar surface area (TPSA) is 134 Å². The van der Waals surface area contributed by atoms with Crippen LogP contribution < -0.4 is 0 Å². The molecule has 2 aromatic carbocycles. The van der Waals surface area contributed by atoms with E-state index in [9.17, 15) is 9.59 Å². The first-order valence-corrected chi connectivity index (χ1v) is 8.04. The number of aromatic hydroxyl groups is 2. The van der Waals surface area contributed by atoms with Crippen molar-refractivity contribution in [2.45, 2.75) is 6.92 Å². The monoisotopic (exact) mass is 378 g/mol. The Bertz CT molecular complexity index is 681. The van der Waals surface area contributed by atoms with Crippen molar-refractivity contribution in [3.8, 4) is 11.5 Å². The number of para-hydroxylation sites is 1. The summed E-state index contributed by atoms with van der Waals surface area (Å²) in [5.41, 5.74) is 1.25. The highest BCUT2D eigenvalue weighted by Gasteiger charge is 2.10. The lowest BCUT2D eigenvalue weighted by molar-refractivity contribution is 0.0422. The van der Waals surface area contributed by atoms with Gasteiger partial charge < -0.3 is 29.9 Å². The predicted molar refractivity (Wildman–Crippen MR) is 95.7 cm³/mol. The molecule has 2 aromatic rings. The van der Waals surface area contributed by atoms with Gasteiger partial charge >= 0.3 is 11.9 Å². The van der Waals surface area contributed by atoms with E-state index < -0.39 is 11.9 Å². The summed E-state index contributed by atoms with van der Waals surface area (Å²) >= 11 is 0. The molecule has 0 aromatic heterocycles. The Kier molecular flexibility index (Phi) is 9.35. The van der Waals surface area contributed by atoms with E-state index in [2.05, 4.69) is 0 Å². The highest BCUT2D eigenvalue weighted by atomic mass is 16.5. The predicted octanol–water partition coefficient (Wildman–Crippen LogP) is 1.39. The second-order valence-electron chi connectivity index (χ2n) is 5.24. The van der Waals surface area contributed by atoms with E-state index in [1.807, 2.05) is 0 Å². The van der Waals surface area contributed by atoms with Gasteiger partial charge in [0, 0.05) is 0 Å². The molecule has 0 unspecified atom stereocenters. The summed E-state index contributed by atoms with van der Waals surface area (Å²) < 4.78 is 9.41. The normalized spacial score (nSPS) is 9.74. The van der Waals surface area contributed by atoms with Crippen LogP contribution in [0.4, 0.5) is 0 Å². The van der Waals surface area contributed by atoms with E-state index in [4.69, 9.17) is 29.9 Å². The van der Waals surface area contributed by atoms with Crippen molar-refractivity contribution in [3.05, 3.63) is 59.2 Å². The molecule has 0 spiro atoms. The standard InChI is InChI=1S/C12H14O6.C7H8O2/c13-5-7-17-11(15)9-1-2-10(4-3-9)12(16)18-8-6-14;1-5-3-2-4-6(8)7(5)9/h1-4,13-14H,5-8H2;2-4,8-9H,1H3. The van der Waals surface area contributed by atoms with Crippen LogP contribution in [0, 0.1) is 6.92 Å². The zero-order valence-electron chi connectivity index (χ0n) is 14.8. The molecule has 8 heteroatoms. The molecule has 0 atom stereocenters. The molecule has 8 nitrogen and oxygen atoms in total. The highest BCUT2D eigenvalue weighted by Crippen LogP contribution is 2.26. The Morgan fingerprint density at radius 1 is 0.815 bits per heavy atom. The number of carbonyl (C=O) groups is 2. The van der Waals surface area contributed by atoms with Crippen LogP contribution in [0.1, 0.15) is 26.3 Å². The maximum absolute atomic E-state index is 11.4. The second kappa shape index (κ2) is 11.5. The van der Waals surface area contributed by atoms with Gasteiger partial charge in [-0.25, -0.2) is 9.59 Å². The van der Waals surface area contributed by atoms with Gasteiger partial charge in [0.05, 0.1) is 24.3 Å². The number of aryl methyl sites for hydroxylation is 1. The quantitative estimate of drug-likeness (QED) is 0.438. The summed E-state index contributed by atoms with van der Waals surface area (Å²) in [7, 11) is 0. The number of carbonyl (C=O) groups excluding carboxylic acids is 2. The van der Waals surface area contributed by atoms with Gasteiger partial charge in [0.25, 0.3) is 0 Å². The van der Waals surface area contributed by atoms with Crippen LogP contribution in [0.15, 0.2) is 42.5 Å². The minimum Gasteiger partial charge on any atom is -0.504 e. The molecule has 0 heterocycles. The van der Waals surface area contributed by atoms with E-state index in [1.54, 1.807) is 19.1 Å². The minimum absolute atomic E-state index is 0.0301. The Morgan fingerprint density at radius 2 is 1.26 bits per heavy atom. The first kappa shape index (κ1) is 21.9. The molecule has 27 heavy (non-hydrogen) atoms. The third-order valence-electron chi connectivity index (χ3n) is 3.22. The molecule has 0 radical (unpaired) electrons. The second-order valence-corrected chi connectivity index (χ2v) is 5.24.